The molecule has 0 unspecified atom stereocenters. The van der Waals surface area contributed by atoms with Crippen LogP contribution in [-0.2, 0) is 4.79 Å². The molecule has 0 aromatic heterocycles. The fourth-order valence-electron chi connectivity index (χ4n) is 0.995. The average molecular weight is 158 g/mol. The molecule has 56 valence electrons. The lowest BCUT2D eigenvalue weighted by molar-refractivity contribution is -0.132. The van der Waals surface area contributed by atoms with Crippen LogP contribution in [0.5, 0.6) is 0 Å². The van der Waals surface area contributed by atoms with Gasteiger partial charge in [-0.15, -0.1) is 11.8 Å². The van der Waals surface area contributed by atoms with Crippen molar-refractivity contribution >= 4 is 17.7 Å². The number of hydrogen-bond donors (Lipinski definition) is 1. The predicted octanol–water partition coefficient (Wildman–Crippen LogP) is 1.87. The van der Waals surface area contributed by atoms with Gasteiger partial charge in [-0.2, -0.15) is 0 Å². The van der Waals surface area contributed by atoms with E-state index in [1.165, 1.54) is 0 Å². The molecule has 0 aromatic carbocycles. The van der Waals surface area contributed by atoms with Crippen LogP contribution in [0.2, 0.25) is 0 Å². The molecule has 3 heteroatoms. The SMILES string of the molecule is CC1=C(C(=O)O)CCCS1. The maximum atomic E-state index is 10.5. The number of carboxylic acid groups (broad SMARTS) is 1. The van der Waals surface area contributed by atoms with Crippen LogP contribution in [0.15, 0.2) is 10.5 Å². The zero-order valence-corrected chi connectivity index (χ0v) is 6.70. The first-order valence-corrected chi connectivity index (χ1v) is 4.26. The van der Waals surface area contributed by atoms with Gasteiger partial charge in [0.15, 0.2) is 0 Å². The van der Waals surface area contributed by atoms with Crippen LogP contribution in [0.25, 0.3) is 0 Å². The molecule has 0 atom stereocenters. The fourth-order valence-corrected chi connectivity index (χ4v) is 1.95. The van der Waals surface area contributed by atoms with Gasteiger partial charge in [0.25, 0.3) is 0 Å². The smallest absolute Gasteiger partial charge is 0.332 e. The molecule has 0 fully saturated rings. The van der Waals surface area contributed by atoms with E-state index >= 15 is 0 Å². The van der Waals surface area contributed by atoms with Crippen LogP contribution >= 0.6 is 11.8 Å². The molecule has 0 aliphatic carbocycles. The van der Waals surface area contributed by atoms with Crippen LogP contribution in [0.3, 0.4) is 0 Å². The molecule has 2 nitrogen and oxygen atoms in total. The summed E-state index contributed by atoms with van der Waals surface area (Å²) in [6.07, 6.45) is 1.75. The van der Waals surface area contributed by atoms with Crippen molar-refractivity contribution in [2.75, 3.05) is 5.75 Å². The lowest BCUT2D eigenvalue weighted by atomic mass is 10.1. The van der Waals surface area contributed by atoms with Crippen molar-refractivity contribution in [3.8, 4) is 0 Å². The minimum Gasteiger partial charge on any atom is -0.478 e. The largest absolute Gasteiger partial charge is 0.478 e. The number of hydrogen-bond acceptors (Lipinski definition) is 2. The number of thioether (sulfide) groups is 1. The van der Waals surface area contributed by atoms with E-state index in [2.05, 4.69) is 0 Å². The lowest BCUT2D eigenvalue weighted by Crippen LogP contribution is -2.06. The summed E-state index contributed by atoms with van der Waals surface area (Å²) in [5.74, 6) is 0.326. The Morgan fingerprint density at radius 2 is 2.40 bits per heavy atom. The minimum absolute atomic E-state index is 0.608. The molecule has 1 rings (SSSR count). The van der Waals surface area contributed by atoms with E-state index in [1.807, 2.05) is 6.92 Å². The molecular weight excluding hydrogens is 148 g/mol. The summed E-state index contributed by atoms with van der Waals surface area (Å²) in [5.41, 5.74) is 0.608. The summed E-state index contributed by atoms with van der Waals surface area (Å²) in [5, 5.41) is 8.64. The summed E-state index contributed by atoms with van der Waals surface area (Å²) in [7, 11) is 0. The van der Waals surface area contributed by atoms with Gasteiger partial charge < -0.3 is 5.11 Å². The van der Waals surface area contributed by atoms with Crippen molar-refractivity contribution < 1.29 is 9.90 Å². The average Bonchev–Trinajstić information content (AvgIpc) is 1.88. The standard InChI is InChI=1S/C7H10O2S/c1-5-6(7(8)9)3-2-4-10-5/h2-4H2,1H3,(H,8,9). The monoisotopic (exact) mass is 158 g/mol. The quantitative estimate of drug-likeness (QED) is 0.633. The maximum Gasteiger partial charge on any atom is 0.332 e. The Balaban J connectivity index is 2.78. The fraction of sp³-hybridized carbons (Fsp3) is 0.571. The molecule has 0 bridgehead atoms. The highest BCUT2D eigenvalue weighted by molar-refractivity contribution is 8.03. The molecule has 0 spiro atoms. The van der Waals surface area contributed by atoms with E-state index in [0.29, 0.717) is 5.57 Å². The van der Waals surface area contributed by atoms with Gasteiger partial charge in [-0.3, -0.25) is 0 Å². The normalized spacial score (nSPS) is 19.3. The third-order valence-corrected chi connectivity index (χ3v) is 2.75. The summed E-state index contributed by atoms with van der Waals surface area (Å²) in [6, 6.07) is 0. The number of carboxylic acids is 1. The molecule has 10 heavy (non-hydrogen) atoms. The number of carbonyl (C=O) groups is 1. The number of allylic oxidation sites excluding steroid dienone is 1. The second-order valence-corrected chi connectivity index (χ2v) is 3.60. The summed E-state index contributed by atoms with van der Waals surface area (Å²) in [6.45, 7) is 1.88. The Labute approximate surface area is 64.3 Å². The molecule has 0 amide bonds. The Hall–Kier alpha value is -0.440. The van der Waals surface area contributed by atoms with Gasteiger partial charge in [0.2, 0.25) is 0 Å². The zero-order valence-electron chi connectivity index (χ0n) is 5.89. The van der Waals surface area contributed by atoms with Crippen LogP contribution in [0, 0.1) is 0 Å². The van der Waals surface area contributed by atoms with Crippen LogP contribution in [0.4, 0.5) is 0 Å². The Morgan fingerprint density at radius 3 is 2.80 bits per heavy atom. The highest BCUT2D eigenvalue weighted by atomic mass is 32.2. The molecule has 0 saturated carbocycles. The maximum absolute atomic E-state index is 10.5. The van der Waals surface area contributed by atoms with Gasteiger partial charge in [0.05, 0.1) is 0 Å². The molecule has 1 heterocycles. The molecule has 1 N–H and O–H groups in total. The molecule has 0 saturated heterocycles. The third kappa shape index (κ3) is 1.53. The van der Waals surface area contributed by atoms with Crippen molar-refractivity contribution in [3.63, 3.8) is 0 Å². The molecular formula is C7H10O2S. The second-order valence-electron chi connectivity index (χ2n) is 2.29. The minimum atomic E-state index is -0.746. The van der Waals surface area contributed by atoms with E-state index in [9.17, 15) is 4.79 Å². The van der Waals surface area contributed by atoms with E-state index < -0.39 is 5.97 Å². The Bertz CT molecular complexity index is 184. The van der Waals surface area contributed by atoms with Crippen molar-refractivity contribution in [1.29, 1.82) is 0 Å². The first-order chi connectivity index (χ1) is 4.72. The van der Waals surface area contributed by atoms with Crippen LogP contribution in [0.1, 0.15) is 19.8 Å². The van der Waals surface area contributed by atoms with Crippen molar-refractivity contribution in [2.45, 2.75) is 19.8 Å². The van der Waals surface area contributed by atoms with Crippen molar-refractivity contribution in [2.24, 2.45) is 0 Å². The Kier molecular flexibility index (Phi) is 2.38. The first kappa shape index (κ1) is 7.66. The van der Waals surface area contributed by atoms with E-state index in [4.69, 9.17) is 5.11 Å². The van der Waals surface area contributed by atoms with Crippen molar-refractivity contribution in [3.05, 3.63) is 10.5 Å². The highest BCUT2D eigenvalue weighted by Crippen LogP contribution is 2.28. The van der Waals surface area contributed by atoms with Gasteiger partial charge in [0.1, 0.15) is 0 Å². The molecule has 0 radical (unpaired) electrons. The lowest BCUT2D eigenvalue weighted by Gasteiger charge is -2.12. The summed E-state index contributed by atoms with van der Waals surface area (Å²) >= 11 is 1.65. The van der Waals surface area contributed by atoms with E-state index in [1.54, 1.807) is 11.8 Å². The first-order valence-electron chi connectivity index (χ1n) is 3.27. The molecule has 0 aromatic rings. The number of rotatable bonds is 1. The highest BCUT2D eigenvalue weighted by Gasteiger charge is 2.14. The summed E-state index contributed by atoms with van der Waals surface area (Å²) in [4.78, 5) is 11.5. The van der Waals surface area contributed by atoms with E-state index in [0.717, 1.165) is 23.5 Å². The van der Waals surface area contributed by atoms with Crippen LogP contribution in [-0.4, -0.2) is 16.8 Å². The van der Waals surface area contributed by atoms with Gasteiger partial charge in [-0.05, 0) is 30.4 Å². The predicted molar refractivity (Wildman–Crippen MR) is 42.0 cm³/mol. The van der Waals surface area contributed by atoms with Gasteiger partial charge in [-0.25, -0.2) is 4.79 Å². The van der Waals surface area contributed by atoms with E-state index in [-0.39, 0.29) is 0 Å². The molecule has 1 aliphatic heterocycles. The summed E-state index contributed by atoms with van der Waals surface area (Å²) < 4.78 is 0. The third-order valence-electron chi connectivity index (χ3n) is 1.57. The topological polar surface area (TPSA) is 37.3 Å². The zero-order chi connectivity index (χ0) is 7.56. The second kappa shape index (κ2) is 3.10. The van der Waals surface area contributed by atoms with Gasteiger partial charge >= 0.3 is 5.97 Å². The van der Waals surface area contributed by atoms with Gasteiger partial charge in [0, 0.05) is 5.57 Å². The number of aliphatic carboxylic acids is 1. The van der Waals surface area contributed by atoms with Crippen LogP contribution < -0.4 is 0 Å². The Morgan fingerprint density at radius 1 is 1.70 bits per heavy atom. The van der Waals surface area contributed by atoms with Gasteiger partial charge in [-0.1, -0.05) is 0 Å². The van der Waals surface area contributed by atoms with Crippen molar-refractivity contribution in [1.82, 2.24) is 0 Å². The molecule has 1 aliphatic rings.